The topological polar surface area (TPSA) is 35.4 Å². The van der Waals surface area contributed by atoms with Crippen molar-refractivity contribution < 1.29 is 34.7 Å². The van der Waals surface area contributed by atoms with E-state index in [1.165, 1.54) is 0 Å². The molecule has 0 heterocycles. The van der Waals surface area contributed by atoms with E-state index in [1.54, 1.807) is 24.3 Å². The van der Waals surface area contributed by atoms with Gasteiger partial charge >= 0.3 is 29.6 Å². The molecule has 0 atom stereocenters. The van der Waals surface area contributed by atoms with E-state index in [1.807, 2.05) is 30.3 Å². The normalized spacial score (nSPS) is 10.8. The molecular formula is C13H10NNaOS. The van der Waals surface area contributed by atoms with E-state index < -0.39 is 0 Å². The second kappa shape index (κ2) is 6.87. The summed E-state index contributed by atoms with van der Waals surface area (Å²) in [6.45, 7) is 0. The number of para-hydroxylation sites is 1. The Hall–Kier alpha value is -0.740. The van der Waals surface area contributed by atoms with Crippen molar-refractivity contribution in [1.82, 2.24) is 0 Å². The predicted molar refractivity (Wildman–Crippen MR) is 66.3 cm³/mol. The minimum atomic E-state index is -0.248. The first kappa shape index (κ1) is 14.3. The molecule has 2 aromatic rings. The number of aliphatic imine (C=N–C) groups is 1. The third kappa shape index (κ3) is 3.89. The van der Waals surface area contributed by atoms with Gasteiger partial charge in [-0.25, -0.2) is 0 Å². The van der Waals surface area contributed by atoms with Crippen LogP contribution in [0.15, 0.2) is 64.5 Å². The molecule has 0 bridgehead atoms. The molecule has 2 aromatic carbocycles. The number of nitrogens with zero attached hydrogens (tertiary/aromatic N) is 1. The average molecular weight is 251 g/mol. The van der Waals surface area contributed by atoms with Crippen LogP contribution in [-0.4, -0.2) is 5.90 Å². The van der Waals surface area contributed by atoms with Crippen LogP contribution in [0, 0.1) is 0 Å². The van der Waals surface area contributed by atoms with Gasteiger partial charge in [-0.1, -0.05) is 42.5 Å². The number of thiol groups is 1. The van der Waals surface area contributed by atoms with Crippen LogP contribution in [0.5, 0.6) is 0 Å². The Morgan fingerprint density at radius 2 is 1.53 bits per heavy atom. The Bertz CT molecular complexity index is 514. The van der Waals surface area contributed by atoms with E-state index in [9.17, 15) is 5.11 Å². The van der Waals surface area contributed by atoms with Crippen LogP contribution in [0.3, 0.4) is 0 Å². The van der Waals surface area contributed by atoms with Gasteiger partial charge in [0.15, 0.2) is 0 Å². The Balaban J connectivity index is 0.00000144. The molecule has 0 amide bonds. The van der Waals surface area contributed by atoms with Gasteiger partial charge in [0.1, 0.15) is 0 Å². The van der Waals surface area contributed by atoms with Gasteiger partial charge in [0.05, 0.1) is 5.69 Å². The van der Waals surface area contributed by atoms with E-state index in [0.29, 0.717) is 16.1 Å². The summed E-state index contributed by atoms with van der Waals surface area (Å²) in [6.07, 6.45) is 0. The van der Waals surface area contributed by atoms with E-state index in [-0.39, 0.29) is 35.5 Å². The first-order valence-electron chi connectivity index (χ1n) is 4.86. The molecule has 2 nitrogen and oxygen atoms in total. The van der Waals surface area contributed by atoms with Crippen molar-refractivity contribution in [1.29, 1.82) is 0 Å². The van der Waals surface area contributed by atoms with Crippen LogP contribution in [0.1, 0.15) is 5.56 Å². The predicted octanol–water partition coefficient (Wildman–Crippen LogP) is -0.582. The summed E-state index contributed by atoms with van der Waals surface area (Å²) in [6, 6.07) is 16.2. The van der Waals surface area contributed by atoms with Gasteiger partial charge in [-0.3, -0.25) is 4.99 Å². The van der Waals surface area contributed by atoms with E-state index in [0.717, 1.165) is 0 Å². The van der Waals surface area contributed by atoms with Gasteiger partial charge in [-0.15, -0.1) is 12.6 Å². The van der Waals surface area contributed by atoms with Crippen LogP contribution < -0.4 is 34.7 Å². The van der Waals surface area contributed by atoms with Crippen molar-refractivity contribution in [3.8, 4) is 0 Å². The molecule has 2 rings (SSSR count). The van der Waals surface area contributed by atoms with Gasteiger partial charge in [0.25, 0.3) is 0 Å². The van der Waals surface area contributed by atoms with Crippen LogP contribution in [0.2, 0.25) is 0 Å². The van der Waals surface area contributed by atoms with Gasteiger partial charge in [0, 0.05) is 4.90 Å². The molecular weight excluding hydrogens is 241 g/mol. The van der Waals surface area contributed by atoms with E-state index in [4.69, 9.17) is 0 Å². The summed E-state index contributed by atoms with van der Waals surface area (Å²) in [4.78, 5) is 4.71. The maximum Gasteiger partial charge on any atom is 1.00 e. The minimum absolute atomic E-state index is 0. The first-order valence-corrected chi connectivity index (χ1v) is 5.31. The molecule has 0 N–H and O–H groups in total. The largest absolute Gasteiger partial charge is 1.00 e. The molecule has 0 aliphatic heterocycles. The van der Waals surface area contributed by atoms with Crippen LogP contribution >= 0.6 is 12.6 Å². The number of rotatable bonds is 2. The zero-order valence-corrected chi connectivity index (χ0v) is 12.4. The minimum Gasteiger partial charge on any atom is -0.858 e. The maximum atomic E-state index is 11.8. The smallest absolute Gasteiger partial charge is 0.858 e. The molecule has 0 aromatic heterocycles. The molecule has 0 aliphatic carbocycles. The molecule has 0 fully saturated rings. The standard InChI is InChI=1S/C13H11NOS.Na/c15-13(10-6-2-1-3-7-10)14-11-8-4-5-9-12(11)16;/h1-9,16H,(H,14,15);/q;+1/p-1. The Kier molecular flexibility index (Phi) is 5.78. The van der Waals surface area contributed by atoms with Gasteiger partial charge in [-0.2, -0.15) is 0 Å². The molecule has 0 unspecified atom stereocenters. The third-order valence-electron chi connectivity index (χ3n) is 2.12. The van der Waals surface area contributed by atoms with Crippen molar-refractivity contribution in [2.24, 2.45) is 4.99 Å². The van der Waals surface area contributed by atoms with E-state index >= 15 is 0 Å². The fourth-order valence-corrected chi connectivity index (χ4v) is 1.52. The van der Waals surface area contributed by atoms with Crippen LogP contribution in [0.4, 0.5) is 5.69 Å². The zero-order valence-electron chi connectivity index (χ0n) is 9.50. The van der Waals surface area contributed by atoms with Gasteiger partial charge in [0.2, 0.25) is 0 Å². The summed E-state index contributed by atoms with van der Waals surface area (Å²) in [5.74, 6) is -0.248. The average Bonchev–Trinajstić information content (AvgIpc) is 2.33. The molecule has 0 aliphatic rings. The number of hydrogen-bond acceptors (Lipinski definition) is 3. The van der Waals surface area contributed by atoms with Crippen molar-refractivity contribution in [2.75, 3.05) is 0 Å². The molecule has 0 radical (unpaired) electrons. The summed E-state index contributed by atoms with van der Waals surface area (Å²) in [7, 11) is 0. The van der Waals surface area contributed by atoms with Crippen molar-refractivity contribution >= 4 is 24.2 Å². The monoisotopic (exact) mass is 251 g/mol. The quantitative estimate of drug-likeness (QED) is 0.329. The molecule has 4 heteroatoms. The van der Waals surface area contributed by atoms with Crippen LogP contribution in [-0.2, 0) is 0 Å². The van der Waals surface area contributed by atoms with Gasteiger partial charge in [-0.05, 0) is 23.6 Å². The molecule has 0 spiro atoms. The fourth-order valence-electron chi connectivity index (χ4n) is 1.31. The van der Waals surface area contributed by atoms with E-state index in [2.05, 4.69) is 17.6 Å². The van der Waals surface area contributed by atoms with Crippen molar-refractivity contribution in [3.63, 3.8) is 0 Å². The summed E-state index contributed by atoms with van der Waals surface area (Å²) >= 11 is 4.24. The molecule has 0 saturated heterocycles. The number of hydrogen-bond donors (Lipinski definition) is 1. The molecule has 0 saturated carbocycles. The summed E-state index contributed by atoms with van der Waals surface area (Å²) < 4.78 is 0. The fraction of sp³-hybridized carbons (Fsp3) is 0. The Labute approximate surface area is 128 Å². The molecule has 17 heavy (non-hydrogen) atoms. The summed E-state index contributed by atoms with van der Waals surface area (Å²) in [5.41, 5.74) is 1.18. The molecule has 80 valence electrons. The first-order chi connectivity index (χ1) is 7.77. The second-order valence-corrected chi connectivity index (χ2v) is 3.75. The van der Waals surface area contributed by atoms with Crippen molar-refractivity contribution in [2.45, 2.75) is 4.90 Å². The second-order valence-electron chi connectivity index (χ2n) is 3.27. The Morgan fingerprint density at radius 1 is 0.941 bits per heavy atom. The third-order valence-corrected chi connectivity index (χ3v) is 2.50. The van der Waals surface area contributed by atoms with Gasteiger partial charge < -0.3 is 5.11 Å². The number of benzene rings is 2. The van der Waals surface area contributed by atoms with Crippen LogP contribution in [0.25, 0.3) is 0 Å². The Morgan fingerprint density at radius 3 is 2.18 bits per heavy atom. The maximum absolute atomic E-state index is 11.8. The zero-order chi connectivity index (χ0) is 11.4. The SMILES string of the molecule is [Na+].[O-]C(=Nc1ccccc1S)c1ccccc1. The summed E-state index contributed by atoms with van der Waals surface area (Å²) in [5, 5.41) is 11.8. The van der Waals surface area contributed by atoms with Crippen molar-refractivity contribution in [3.05, 3.63) is 60.2 Å².